The van der Waals surface area contributed by atoms with Gasteiger partial charge >= 0.3 is 0 Å². The van der Waals surface area contributed by atoms with Gasteiger partial charge < -0.3 is 9.64 Å². The van der Waals surface area contributed by atoms with Crippen molar-refractivity contribution in [2.45, 2.75) is 49.6 Å². The molecule has 1 aromatic carbocycles. The van der Waals surface area contributed by atoms with Gasteiger partial charge in [0.25, 0.3) is 0 Å². The lowest BCUT2D eigenvalue weighted by Gasteiger charge is -2.29. The van der Waals surface area contributed by atoms with E-state index in [0.717, 1.165) is 0 Å². The van der Waals surface area contributed by atoms with E-state index in [4.69, 9.17) is 4.74 Å². The first-order valence-electron chi connectivity index (χ1n) is 7.94. The summed E-state index contributed by atoms with van der Waals surface area (Å²) in [6.07, 6.45) is 0. The van der Waals surface area contributed by atoms with Crippen LogP contribution in [0.4, 0.5) is 0 Å². The fourth-order valence-electron chi connectivity index (χ4n) is 3.94. The molecule has 2 unspecified atom stereocenters. The van der Waals surface area contributed by atoms with E-state index >= 15 is 0 Å². The molecule has 0 aromatic heterocycles. The minimum atomic E-state index is -3.72. The molecule has 0 N–H and O–H groups in total. The van der Waals surface area contributed by atoms with E-state index in [1.165, 1.54) is 0 Å². The molecule has 3 atom stereocenters. The van der Waals surface area contributed by atoms with E-state index < -0.39 is 20.8 Å². The van der Waals surface area contributed by atoms with Crippen LogP contribution >= 0.6 is 0 Å². The van der Waals surface area contributed by atoms with E-state index in [9.17, 15) is 13.2 Å². The van der Waals surface area contributed by atoms with Crippen molar-refractivity contribution in [3.8, 4) is 0 Å². The number of ether oxygens (including phenoxy) is 1. The van der Waals surface area contributed by atoms with Crippen LogP contribution in [0.25, 0.3) is 0 Å². The molecular formula is C17H23NO4S. The Morgan fingerprint density at radius 3 is 2.39 bits per heavy atom. The third-order valence-electron chi connectivity index (χ3n) is 4.97. The topological polar surface area (TPSA) is 63.7 Å². The predicted octanol–water partition coefficient (Wildman–Crippen LogP) is 2.08. The molecule has 5 nitrogen and oxygen atoms in total. The fraction of sp³-hybridized carbons (Fsp3) is 0.588. The average molecular weight is 337 g/mol. The van der Waals surface area contributed by atoms with Crippen LogP contribution in [0.3, 0.4) is 0 Å². The Balaban J connectivity index is 2.10. The van der Waals surface area contributed by atoms with Crippen LogP contribution in [0.15, 0.2) is 35.2 Å². The fourth-order valence-corrected chi connectivity index (χ4v) is 6.06. The Hall–Kier alpha value is -1.40. The van der Waals surface area contributed by atoms with Crippen LogP contribution in [0.1, 0.15) is 27.7 Å². The lowest BCUT2D eigenvalue weighted by Crippen LogP contribution is -2.46. The highest BCUT2D eigenvalue weighted by Gasteiger charge is 2.61. The summed E-state index contributed by atoms with van der Waals surface area (Å²) in [4.78, 5) is 14.9. The number of carbonyl (C=O) groups is 1. The molecule has 0 aliphatic carbocycles. The second-order valence-corrected chi connectivity index (χ2v) is 9.20. The number of carbonyl (C=O) groups excluding carboxylic acids is 1. The maximum Gasteiger partial charge on any atom is 0.244 e. The minimum absolute atomic E-state index is 0.0648. The van der Waals surface area contributed by atoms with E-state index in [-0.39, 0.29) is 28.7 Å². The number of fused-ring (bicyclic) bond motifs is 1. The monoisotopic (exact) mass is 337 g/mol. The second-order valence-electron chi connectivity index (χ2n) is 7.13. The van der Waals surface area contributed by atoms with Gasteiger partial charge in [-0.25, -0.2) is 8.42 Å². The van der Waals surface area contributed by atoms with Crippen molar-refractivity contribution >= 4 is 15.7 Å². The zero-order valence-electron chi connectivity index (χ0n) is 13.9. The highest BCUT2D eigenvalue weighted by molar-refractivity contribution is 7.92. The van der Waals surface area contributed by atoms with Gasteiger partial charge in [-0.05, 0) is 31.9 Å². The zero-order chi connectivity index (χ0) is 17.0. The molecule has 1 amide bonds. The van der Waals surface area contributed by atoms with Crippen LogP contribution in [0.2, 0.25) is 0 Å². The standard InChI is InChI=1S/C17H23NO4S/c1-11(2)14-13-10-22-17(3,4)18(13)16(19)15(14)23(20,21)12-8-6-5-7-9-12/h5-9,11,13-15H,10H2,1-4H3/t13?,14?,15-/m0/s1. The summed E-state index contributed by atoms with van der Waals surface area (Å²) >= 11 is 0. The Labute approximate surface area is 137 Å². The van der Waals surface area contributed by atoms with E-state index in [1.807, 2.05) is 27.7 Å². The molecule has 1 aromatic rings. The van der Waals surface area contributed by atoms with E-state index in [0.29, 0.717) is 6.61 Å². The number of sulfone groups is 1. The molecule has 126 valence electrons. The van der Waals surface area contributed by atoms with Crippen LogP contribution < -0.4 is 0 Å². The van der Waals surface area contributed by atoms with Gasteiger partial charge in [0.1, 0.15) is 11.0 Å². The zero-order valence-corrected chi connectivity index (χ0v) is 14.7. The maximum atomic E-state index is 13.1. The minimum Gasteiger partial charge on any atom is -0.354 e. The third kappa shape index (κ3) is 2.39. The largest absolute Gasteiger partial charge is 0.354 e. The quantitative estimate of drug-likeness (QED) is 0.847. The van der Waals surface area contributed by atoms with E-state index in [1.54, 1.807) is 35.2 Å². The molecule has 2 saturated heterocycles. The Morgan fingerprint density at radius 1 is 1.22 bits per heavy atom. The van der Waals surface area contributed by atoms with Gasteiger partial charge in [-0.2, -0.15) is 0 Å². The van der Waals surface area contributed by atoms with Gasteiger partial charge in [-0.1, -0.05) is 32.0 Å². The first-order chi connectivity index (χ1) is 10.7. The second kappa shape index (κ2) is 5.31. The molecule has 2 heterocycles. The summed E-state index contributed by atoms with van der Waals surface area (Å²) in [6.45, 7) is 7.97. The maximum absolute atomic E-state index is 13.1. The summed E-state index contributed by atoms with van der Waals surface area (Å²) in [5.41, 5.74) is -0.754. The number of hydrogen-bond acceptors (Lipinski definition) is 4. The van der Waals surface area contributed by atoms with Gasteiger partial charge in [-0.15, -0.1) is 0 Å². The normalized spacial score (nSPS) is 30.0. The average Bonchev–Trinajstić information content (AvgIpc) is 2.96. The summed E-state index contributed by atoms with van der Waals surface area (Å²) in [7, 11) is -3.72. The molecule has 3 rings (SSSR count). The van der Waals surface area contributed by atoms with Gasteiger partial charge in [0, 0.05) is 5.92 Å². The molecule has 2 aliphatic rings. The van der Waals surface area contributed by atoms with Crippen molar-refractivity contribution in [3.05, 3.63) is 30.3 Å². The van der Waals surface area contributed by atoms with Crippen LogP contribution in [-0.2, 0) is 19.4 Å². The number of hydrogen-bond donors (Lipinski definition) is 0. The molecule has 0 bridgehead atoms. The first kappa shape index (κ1) is 16.5. The number of nitrogens with zero attached hydrogens (tertiary/aromatic N) is 1. The lowest BCUT2D eigenvalue weighted by molar-refractivity contribution is -0.141. The summed E-state index contributed by atoms with van der Waals surface area (Å²) in [5.74, 6) is -0.538. The Bertz CT molecular complexity index is 711. The van der Waals surface area contributed by atoms with E-state index in [2.05, 4.69) is 0 Å². The van der Waals surface area contributed by atoms with Gasteiger partial charge in [0.05, 0.1) is 17.5 Å². The Morgan fingerprint density at radius 2 is 1.83 bits per heavy atom. The predicted molar refractivity (Wildman–Crippen MR) is 86.4 cm³/mol. The number of rotatable bonds is 3. The van der Waals surface area contributed by atoms with Gasteiger partial charge in [-0.3, -0.25) is 4.79 Å². The highest BCUT2D eigenvalue weighted by atomic mass is 32.2. The number of amides is 1. The molecule has 6 heteroatoms. The van der Waals surface area contributed by atoms with Crippen molar-refractivity contribution in [3.63, 3.8) is 0 Å². The first-order valence-corrected chi connectivity index (χ1v) is 9.48. The molecule has 0 saturated carbocycles. The van der Waals surface area contributed by atoms with Crippen LogP contribution in [-0.4, -0.2) is 42.8 Å². The summed E-state index contributed by atoms with van der Waals surface area (Å²) in [6, 6.07) is 8.08. The summed E-state index contributed by atoms with van der Waals surface area (Å²) in [5, 5.41) is -1.03. The van der Waals surface area contributed by atoms with Crippen molar-refractivity contribution in [1.82, 2.24) is 4.90 Å². The molecule has 0 spiro atoms. The number of benzene rings is 1. The Kier molecular flexibility index (Phi) is 3.80. The van der Waals surface area contributed by atoms with Crippen LogP contribution in [0.5, 0.6) is 0 Å². The van der Waals surface area contributed by atoms with Crippen molar-refractivity contribution < 1.29 is 17.9 Å². The third-order valence-corrected chi connectivity index (χ3v) is 7.08. The molecule has 2 aliphatic heterocycles. The SMILES string of the molecule is CC(C)C1C2COC(C)(C)N2C(=O)[C@H]1S(=O)(=O)c1ccccc1. The van der Waals surface area contributed by atoms with Gasteiger partial charge in [0.15, 0.2) is 9.84 Å². The van der Waals surface area contributed by atoms with Gasteiger partial charge in [0.2, 0.25) is 5.91 Å². The molecule has 23 heavy (non-hydrogen) atoms. The molecular weight excluding hydrogens is 314 g/mol. The highest BCUT2D eigenvalue weighted by Crippen LogP contribution is 2.45. The summed E-state index contributed by atoms with van der Waals surface area (Å²) < 4.78 is 32.0. The van der Waals surface area contributed by atoms with Crippen molar-refractivity contribution in [1.29, 1.82) is 0 Å². The van der Waals surface area contributed by atoms with Crippen molar-refractivity contribution in [2.75, 3.05) is 6.61 Å². The lowest BCUT2D eigenvalue weighted by atomic mass is 9.89. The smallest absolute Gasteiger partial charge is 0.244 e. The van der Waals surface area contributed by atoms with Crippen molar-refractivity contribution in [2.24, 2.45) is 11.8 Å². The molecule has 0 radical (unpaired) electrons. The molecule has 2 fully saturated rings. The van der Waals surface area contributed by atoms with Crippen LogP contribution in [0, 0.1) is 11.8 Å².